The molecule has 0 aromatic carbocycles. The minimum Gasteiger partial charge on any atom is -0.213 e. The molecule has 0 aromatic rings. The maximum Gasteiger partial charge on any atom is 0.211 e. The van der Waals surface area contributed by atoms with Crippen LogP contribution in [0.3, 0.4) is 0 Å². The fourth-order valence-corrected chi connectivity index (χ4v) is 3.62. The molecule has 2 rings (SSSR count). The third-order valence-corrected chi connectivity index (χ3v) is 4.52. The molecular formula is C9H17NO2S. The van der Waals surface area contributed by atoms with Crippen LogP contribution in [0.1, 0.15) is 25.7 Å². The van der Waals surface area contributed by atoms with Gasteiger partial charge in [-0.3, -0.25) is 0 Å². The van der Waals surface area contributed by atoms with Crippen molar-refractivity contribution in [3.8, 4) is 0 Å². The van der Waals surface area contributed by atoms with Gasteiger partial charge in [0.1, 0.15) is 0 Å². The summed E-state index contributed by atoms with van der Waals surface area (Å²) in [5.41, 5.74) is 0. The predicted octanol–water partition coefficient (Wildman–Crippen LogP) is 1.07. The molecule has 76 valence electrons. The lowest BCUT2D eigenvalue weighted by Gasteiger charge is -2.39. The van der Waals surface area contributed by atoms with Gasteiger partial charge in [0.05, 0.1) is 6.26 Å². The molecule has 0 spiro atoms. The number of sulfonamides is 1. The fourth-order valence-electron chi connectivity index (χ4n) is 2.66. The molecule has 3 nitrogen and oxygen atoms in total. The summed E-state index contributed by atoms with van der Waals surface area (Å²) in [6, 6.07) is 0. The van der Waals surface area contributed by atoms with Crippen molar-refractivity contribution in [2.75, 3.05) is 19.3 Å². The van der Waals surface area contributed by atoms with E-state index >= 15 is 0 Å². The van der Waals surface area contributed by atoms with E-state index in [4.69, 9.17) is 0 Å². The van der Waals surface area contributed by atoms with E-state index in [0.717, 1.165) is 13.1 Å². The Morgan fingerprint density at radius 1 is 1.15 bits per heavy atom. The first kappa shape index (κ1) is 9.46. The lowest BCUT2D eigenvalue weighted by atomic mass is 9.79. The van der Waals surface area contributed by atoms with Crippen LogP contribution in [-0.4, -0.2) is 32.1 Å². The summed E-state index contributed by atoms with van der Waals surface area (Å²) in [6.07, 6.45) is 6.33. The third-order valence-electron chi connectivity index (χ3n) is 3.28. The minimum atomic E-state index is -2.93. The van der Waals surface area contributed by atoms with Crippen LogP contribution >= 0.6 is 0 Å². The third kappa shape index (κ3) is 2.05. The Morgan fingerprint density at radius 3 is 2.15 bits per heavy atom. The second kappa shape index (κ2) is 3.24. The summed E-state index contributed by atoms with van der Waals surface area (Å²) >= 11 is 0. The summed E-state index contributed by atoms with van der Waals surface area (Å²) in [5, 5.41) is 0. The smallest absolute Gasteiger partial charge is 0.211 e. The SMILES string of the molecule is CS(=O)(=O)N1CC2CCCC(C2)C1. The van der Waals surface area contributed by atoms with E-state index < -0.39 is 10.0 Å². The molecule has 2 fully saturated rings. The van der Waals surface area contributed by atoms with E-state index in [1.165, 1.54) is 31.9 Å². The number of fused-ring (bicyclic) bond motifs is 2. The molecule has 0 N–H and O–H groups in total. The molecule has 0 aromatic heterocycles. The van der Waals surface area contributed by atoms with Crippen molar-refractivity contribution in [3.05, 3.63) is 0 Å². The Balaban J connectivity index is 2.10. The molecular weight excluding hydrogens is 186 g/mol. The maximum absolute atomic E-state index is 11.3. The fraction of sp³-hybridized carbons (Fsp3) is 1.00. The number of nitrogens with zero attached hydrogens (tertiary/aromatic N) is 1. The first-order chi connectivity index (χ1) is 6.05. The van der Waals surface area contributed by atoms with Crippen LogP contribution in [0.2, 0.25) is 0 Å². The average molecular weight is 203 g/mol. The summed E-state index contributed by atoms with van der Waals surface area (Å²) in [4.78, 5) is 0. The zero-order valence-corrected chi connectivity index (χ0v) is 8.89. The van der Waals surface area contributed by atoms with Crippen molar-refractivity contribution in [2.45, 2.75) is 25.7 Å². The minimum absolute atomic E-state index is 0.641. The molecule has 0 amide bonds. The first-order valence-electron chi connectivity index (χ1n) is 5.01. The molecule has 2 bridgehead atoms. The van der Waals surface area contributed by atoms with Crippen LogP contribution in [0.5, 0.6) is 0 Å². The Morgan fingerprint density at radius 2 is 1.69 bits per heavy atom. The van der Waals surface area contributed by atoms with Crippen molar-refractivity contribution < 1.29 is 8.42 Å². The van der Waals surface area contributed by atoms with Gasteiger partial charge in [-0.15, -0.1) is 0 Å². The van der Waals surface area contributed by atoms with Gasteiger partial charge in [-0.2, -0.15) is 0 Å². The lowest BCUT2D eigenvalue weighted by Crippen LogP contribution is -2.45. The number of piperidine rings is 1. The second-order valence-electron chi connectivity index (χ2n) is 4.48. The average Bonchev–Trinajstić information content (AvgIpc) is 2.01. The van der Waals surface area contributed by atoms with Crippen molar-refractivity contribution >= 4 is 10.0 Å². The second-order valence-corrected chi connectivity index (χ2v) is 6.46. The molecule has 1 heterocycles. The van der Waals surface area contributed by atoms with Gasteiger partial charge in [-0.05, 0) is 31.1 Å². The van der Waals surface area contributed by atoms with Crippen LogP contribution in [0.25, 0.3) is 0 Å². The van der Waals surface area contributed by atoms with Gasteiger partial charge in [0, 0.05) is 13.1 Å². The topological polar surface area (TPSA) is 37.4 Å². The van der Waals surface area contributed by atoms with Crippen LogP contribution in [0.4, 0.5) is 0 Å². The molecule has 1 aliphatic carbocycles. The van der Waals surface area contributed by atoms with E-state index in [-0.39, 0.29) is 0 Å². The highest BCUT2D eigenvalue weighted by atomic mass is 32.2. The highest BCUT2D eigenvalue weighted by Crippen LogP contribution is 2.34. The number of hydrogen-bond acceptors (Lipinski definition) is 2. The summed E-state index contributed by atoms with van der Waals surface area (Å²) in [7, 11) is -2.93. The van der Waals surface area contributed by atoms with Gasteiger partial charge in [-0.25, -0.2) is 12.7 Å². The van der Waals surface area contributed by atoms with Crippen LogP contribution in [-0.2, 0) is 10.0 Å². The van der Waals surface area contributed by atoms with Crippen molar-refractivity contribution in [1.82, 2.24) is 4.31 Å². The Kier molecular flexibility index (Phi) is 2.36. The molecule has 2 aliphatic rings. The summed E-state index contributed by atoms with van der Waals surface area (Å²) < 4.78 is 24.4. The van der Waals surface area contributed by atoms with Crippen molar-refractivity contribution in [3.63, 3.8) is 0 Å². The predicted molar refractivity (Wildman–Crippen MR) is 51.9 cm³/mol. The van der Waals surface area contributed by atoms with Crippen LogP contribution in [0.15, 0.2) is 0 Å². The van der Waals surface area contributed by atoms with Gasteiger partial charge < -0.3 is 0 Å². The number of hydrogen-bond donors (Lipinski definition) is 0. The molecule has 1 saturated heterocycles. The highest BCUT2D eigenvalue weighted by molar-refractivity contribution is 7.88. The van der Waals surface area contributed by atoms with Crippen LogP contribution < -0.4 is 0 Å². The quantitative estimate of drug-likeness (QED) is 0.639. The largest absolute Gasteiger partial charge is 0.213 e. The molecule has 13 heavy (non-hydrogen) atoms. The number of rotatable bonds is 1. The Hall–Kier alpha value is -0.0900. The van der Waals surface area contributed by atoms with E-state index in [2.05, 4.69) is 0 Å². The molecule has 2 atom stereocenters. The first-order valence-corrected chi connectivity index (χ1v) is 6.85. The Labute approximate surface area is 80.2 Å². The van der Waals surface area contributed by atoms with Gasteiger partial charge in [0.15, 0.2) is 0 Å². The monoisotopic (exact) mass is 203 g/mol. The lowest BCUT2D eigenvalue weighted by molar-refractivity contribution is 0.145. The Bertz CT molecular complexity index is 274. The van der Waals surface area contributed by atoms with E-state index in [1.807, 2.05) is 0 Å². The van der Waals surface area contributed by atoms with Gasteiger partial charge in [0.2, 0.25) is 10.0 Å². The van der Waals surface area contributed by atoms with E-state index in [0.29, 0.717) is 11.8 Å². The van der Waals surface area contributed by atoms with Crippen molar-refractivity contribution in [2.24, 2.45) is 11.8 Å². The zero-order valence-electron chi connectivity index (χ0n) is 8.07. The standard InChI is InChI=1S/C9H17NO2S/c1-13(11,12)10-6-8-3-2-4-9(5-8)7-10/h8-9H,2-7H2,1H3. The molecule has 1 aliphatic heterocycles. The van der Waals surface area contributed by atoms with Gasteiger partial charge >= 0.3 is 0 Å². The zero-order chi connectivity index (χ0) is 9.47. The van der Waals surface area contributed by atoms with E-state index in [9.17, 15) is 8.42 Å². The summed E-state index contributed by atoms with van der Waals surface area (Å²) in [5.74, 6) is 1.28. The van der Waals surface area contributed by atoms with Gasteiger partial charge in [0.25, 0.3) is 0 Å². The normalized spacial score (nSPS) is 36.1. The van der Waals surface area contributed by atoms with Crippen molar-refractivity contribution in [1.29, 1.82) is 0 Å². The molecule has 2 unspecified atom stereocenters. The summed E-state index contributed by atoms with van der Waals surface area (Å²) in [6.45, 7) is 1.55. The molecule has 4 heteroatoms. The molecule has 0 radical (unpaired) electrons. The molecule has 1 saturated carbocycles. The van der Waals surface area contributed by atoms with E-state index in [1.54, 1.807) is 4.31 Å². The maximum atomic E-state index is 11.3. The van der Waals surface area contributed by atoms with Gasteiger partial charge in [-0.1, -0.05) is 6.42 Å². The highest BCUT2D eigenvalue weighted by Gasteiger charge is 2.33. The van der Waals surface area contributed by atoms with Crippen LogP contribution in [0, 0.1) is 11.8 Å².